The lowest BCUT2D eigenvalue weighted by molar-refractivity contribution is -0.152. The van der Waals surface area contributed by atoms with E-state index in [0.717, 1.165) is 36.9 Å². The van der Waals surface area contributed by atoms with E-state index >= 15 is 0 Å². The van der Waals surface area contributed by atoms with Gasteiger partial charge in [-0.2, -0.15) is 0 Å². The number of benzene rings is 2. The van der Waals surface area contributed by atoms with Gasteiger partial charge in [-0.1, -0.05) is 49.2 Å². The SMILES string of the molecule is CC(C)CN(C(=O)Cc1ccc(Cl)c(Cl)c1)[C@H]1CC[C@@]2(O)[C@H]3Cc4ccc(O)cc4[C@@]2(CCN3)C1. The van der Waals surface area contributed by atoms with Gasteiger partial charge in [0.1, 0.15) is 5.75 Å². The van der Waals surface area contributed by atoms with Crippen LogP contribution in [0.4, 0.5) is 0 Å². The average Bonchev–Trinajstić information content (AvgIpc) is 2.80. The van der Waals surface area contributed by atoms with E-state index in [4.69, 9.17) is 23.2 Å². The summed E-state index contributed by atoms with van der Waals surface area (Å²) in [6.07, 6.45) is 3.87. The first kappa shape index (κ1) is 24.9. The lowest BCUT2D eigenvalue weighted by atomic mass is 9.49. The zero-order valence-corrected chi connectivity index (χ0v) is 21.9. The molecule has 3 aliphatic rings. The molecule has 3 N–H and O–H groups in total. The van der Waals surface area contributed by atoms with Crippen molar-refractivity contribution in [2.45, 2.75) is 75.5 Å². The fourth-order valence-electron chi connectivity index (χ4n) is 6.93. The summed E-state index contributed by atoms with van der Waals surface area (Å²) in [5.41, 5.74) is 1.71. The second-order valence-electron chi connectivity index (χ2n) is 11.1. The summed E-state index contributed by atoms with van der Waals surface area (Å²) in [6.45, 7) is 5.74. The Morgan fingerprint density at radius 3 is 2.71 bits per heavy atom. The molecule has 0 unspecified atom stereocenters. The van der Waals surface area contributed by atoms with E-state index in [1.807, 2.05) is 23.1 Å². The maximum Gasteiger partial charge on any atom is 0.227 e. The number of phenolic OH excluding ortho intramolecular Hbond substituents is 1. The lowest BCUT2D eigenvalue weighted by Crippen LogP contribution is -2.73. The highest BCUT2D eigenvalue weighted by Crippen LogP contribution is 2.57. The maximum atomic E-state index is 13.7. The zero-order valence-electron chi connectivity index (χ0n) is 20.4. The van der Waals surface area contributed by atoms with Crippen molar-refractivity contribution in [3.63, 3.8) is 0 Å². The van der Waals surface area contributed by atoms with Crippen molar-refractivity contribution in [1.82, 2.24) is 10.2 Å². The Hall–Kier alpha value is -1.79. The highest BCUT2D eigenvalue weighted by Gasteiger charge is 2.63. The summed E-state index contributed by atoms with van der Waals surface area (Å²) < 4.78 is 0. The van der Waals surface area contributed by atoms with Gasteiger partial charge in [-0.25, -0.2) is 0 Å². The Balaban J connectivity index is 1.49. The second kappa shape index (κ2) is 9.26. The number of rotatable bonds is 5. The van der Waals surface area contributed by atoms with Crippen LogP contribution >= 0.6 is 23.2 Å². The first-order chi connectivity index (χ1) is 16.6. The molecule has 5 rings (SSSR count). The summed E-state index contributed by atoms with van der Waals surface area (Å²) in [5, 5.41) is 27.0. The Bertz CT molecular complexity index is 1140. The minimum absolute atomic E-state index is 0.0139. The number of nitrogens with one attached hydrogen (secondary N) is 1. The number of carbonyl (C=O) groups is 1. The summed E-state index contributed by atoms with van der Waals surface area (Å²) in [4.78, 5) is 15.7. The average molecular weight is 517 g/mol. The zero-order chi connectivity index (χ0) is 25.0. The molecule has 0 radical (unpaired) electrons. The number of amides is 1. The first-order valence-corrected chi connectivity index (χ1v) is 13.4. The van der Waals surface area contributed by atoms with Crippen LogP contribution in [0.1, 0.15) is 56.2 Å². The van der Waals surface area contributed by atoms with Crippen molar-refractivity contribution < 1.29 is 15.0 Å². The minimum Gasteiger partial charge on any atom is -0.508 e. The van der Waals surface area contributed by atoms with Crippen molar-refractivity contribution >= 4 is 29.1 Å². The van der Waals surface area contributed by atoms with Crippen LogP contribution in [0.25, 0.3) is 0 Å². The number of fused-ring (bicyclic) bond motifs is 1. The molecule has 1 saturated carbocycles. The maximum absolute atomic E-state index is 13.7. The van der Waals surface area contributed by atoms with Gasteiger partial charge in [0.25, 0.3) is 0 Å². The molecule has 35 heavy (non-hydrogen) atoms. The van der Waals surface area contributed by atoms with Crippen molar-refractivity contribution in [2.24, 2.45) is 5.92 Å². The fourth-order valence-corrected chi connectivity index (χ4v) is 7.25. The third kappa shape index (κ3) is 4.25. The second-order valence-corrected chi connectivity index (χ2v) is 11.9. The number of nitrogens with zero attached hydrogens (tertiary/aromatic N) is 1. The van der Waals surface area contributed by atoms with Crippen molar-refractivity contribution in [3.05, 3.63) is 63.1 Å². The third-order valence-electron chi connectivity index (χ3n) is 8.49. The number of phenols is 1. The third-order valence-corrected chi connectivity index (χ3v) is 9.22. The van der Waals surface area contributed by atoms with Crippen LogP contribution in [-0.2, 0) is 23.1 Å². The van der Waals surface area contributed by atoms with Gasteiger partial charge in [-0.05, 0) is 85.5 Å². The molecule has 2 aliphatic carbocycles. The van der Waals surface area contributed by atoms with E-state index in [-0.39, 0.29) is 30.2 Å². The predicted molar refractivity (Wildman–Crippen MR) is 139 cm³/mol. The van der Waals surface area contributed by atoms with E-state index in [2.05, 4.69) is 19.2 Å². The minimum atomic E-state index is -0.890. The molecule has 2 bridgehead atoms. The van der Waals surface area contributed by atoms with Gasteiger partial charge in [0, 0.05) is 24.0 Å². The summed E-state index contributed by atoms with van der Waals surface area (Å²) in [5.74, 6) is 0.616. The Morgan fingerprint density at radius 1 is 1.17 bits per heavy atom. The molecule has 0 aromatic heterocycles. The summed E-state index contributed by atoms with van der Waals surface area (Å²) in [7, 11) is 0. The monoisotopic (exact) mass is 516 g/mol. The number of aromatic hydroxyl groups is 1. The molecule has 2 aromatic rings. The molecule has 4 atom stereocenters. The van der Waals surface area contributed by atoms with Gasteiger partial charge < -0.3 is 20.4 Å². The lowest BCUT2D eigenvalue weighted by Gasteiger charge is -2.63. The molecular formula is C28H34Cl2N2O3. The molecule has 2 aromatic carbocycles. The number of hydrogen-bond acceptors (Lipinski definition) is 4. The molecule has 1 amide bonds. The highest BCUT2D eigenvalue weighted by atomic mass is 35.5. The molecule has 5 nitrogen and oxygen atoms in total. The largest absolute Gasteiger partial charge is 0.508 e. The van der Waals surface area contributed by atoms with Crippen LogP contribution in [0.15, 0.2) is 36.4 Å². The number of carbonyl (C=O) groups excluding carboxylic acids is 1. The molecule has 0 spiro atoms. The van der Waals surface area contributed by atoms with Gasteiger partial charge in [0.15, 0.2) is 0 Å². The molecule has 1 aliphatic heterocycles. The summed E-state index contributed by atoms with van der Waals surface area (Å²) >= 11 is 12.3. The Kier molecular flexibility index (Phi) is 6.58. The smallest absolute Gasteiger partial charge is 0.227 e. The van der Waals surface area contributed by atoms with Gasteiger partial charge in [-0.15, -0.1) is 0 Å². The van der Waals surface area contributed by atoms with E-state index in [1.54, 1.807) is 18.2 Å². The number of hydrogen-bond donors (Lipinski definition) is 3. The van der Waals surface area contributed by atoms with Crippen molar-refractivity contribution in [1.29, 1.82) is 0 Å². The molecular weight excluding hydrogens is 483 g/mol. The number of halogens is 2. The van der Waals surface area contributed by atoms with Crippen LogP contribution in [0, 0.1) is 5.92 Å². The standard InChI is InChI=1S/C28H34Cl2N2O3/c1-17(2)16-32(26(34)12-18-3-6-23(29)24(30)11-18)20-7-8-28(35)25-13-19-4-5-21(33)14-22(19)27(28,15-20)9-10-31-25/h3-6,11,14,17,20,25,31,33,35H,7-10,12-13,15-16H2,1-2H3/t20-,25+,27+,28+/m0/s1. The van der Waals surface area contributed by atoms with Crippen molar-refractivity contribution in [3.8, 4) is 5.75 Å². The number of aliphatic hydroxyl groups is 1. The fraction of sp³-hybridized carbons (Fsp3) is 0.536. The van der Waals surface area contributed by atoms with Crippen LogP contribution in [0.5, 0.6) is 5.75 Å². The normalized spacial score (nSPS) is 29.4. The van der Waals surface area contributed by atoms with Crippen molar-refractivity contribution in [2.75, 3.05) is 13.1 Å². The van der Waals surface area contributed by atoms with Crippen LogP contribution in [0.3, 0.4) is 0 Å². The van der Waals surface area contributed by atoms with Gasteiger partial charge in [-0.3, -0.25) is 4.79 Å². The predicted octanol–water partition coefficient (Wildman–Crippen LogP) is 4.87. The van der Waals surface area contributed by atoms with Gasteiger partial charge in [0.05, 0.1) is 22.1 Å². The van der Waals surface area contributed by atoms with Crippen LogP contribution < -0.4 is 5.32 Å². The van der Waals surface area contributed by atoms with Gasteiger partial charge >= 0.3 is 0 Å². The Labute approximate surface area is 217 Å². The molecule has 1 saturated heterocycles. The van der Waals surface area contributed by atoms with Crippen LogP contribution in [0.2, 0.25) is 10.0 Å². The molecule has 7 heteroatoms. The van der Waals surface area contributed by atoms with E-state index in [0.29, 0.717) is 35.3 Å². The highest BCUT2D eigenvalue weighted by molar-refractivity contribution is 6.42. The van der Waals surface area contributed by atoms with Gasteiger partial charge in [0.2, 0.25) is 5.91 Å². The van der Waals surface area contributed by atoms with E-state index in [1.165, 1.54) is 5.56 Å². The quantitative estimate of drug-likeness (QED) is 0.530. The van der Waals surface area contributed by atoms with Crippen LogP contribution in [-0.4, -0.2) is 51.8 Å². The first-order valence-electron chi connectivity index (χ1n) is 12.6. The number of piperidine rings is 1. The van der Waals surface area contributed by atoms with E-state index in [9.17, 15) is 15.0 Å². The summed E-state index contributed by atoms with van der Waals surface area (Å²) in [6, 6.07) is 11.0. The molecule has 188 valence electrons. The molecule has 2 fully saturated rings. The Morgan fingerprint density at radius 2 is 1.97 bits per heavy atom. The van der Waals surface area contributed by atoms with E-state index < -0.39 is 11.0 Å². The molecule has 1 heterocycles. The topological polar surface area (TPSA) is 72.8 Å².